The van der Waals surface area contributed by atoms with E-state index in [-0.39, 0.29) is 17.9 Å². The number of carboxylic acids is 1. The summed E-state index contributed by atoms with van der Waals surface area (Å²) in [5, 5.41) is 11.4. The first kappa shape index (κ1) is 13.4. The molecule has 0 aliphatic heterocycles. The topological polar surface area (TPSA) is 108 Å². The SMILES string of the molecule is CNS(=O)(=O)CCNc1ccc(C(=O)O)cn1. The second-order valence-corrected chi connectivity index (χ2v) is 5.23. The fraction of sp³-hybridized carbons (Fsp3) is 0.333. The van der Waals surface area contributed by atoms with Gasteiger partial charge >= 0.3 is 5.97 Å². The molecule has 0 aliphatic carbocycles. The molecule has 3 N–H and O–H groups in total. The standard InChI is InChI=1S/C9H13N3O4S/c1-10-17(15,16)5-4-11-8-3-2-7(6-12-8)9(13)14/h2-3,6,10H,4-5H2,1H3,(H,11,12)(H,13,14). The van der Waals surface area contributed by atoms with Crippen molar-refractivity contribution >= 4 is 21.8 Å². The van der Waals surface area contributed by atoms with E-state index in [0.717, 1.165) is 0 Å². The molecule has 1 aromatic rings. The molecule has 0 saturated carbocycles. The van der Waals surface area contributed by atoms with Gasteiger partial charge in [-0.05, 0) is 19.2 Å². The summed E-state index contributed by atoms with van der Waals surface area (Å²) in [5.41, 5.74) is 0.0818. The smallest absolute Gasteiger partial charge is 0.337 e. The molecule has 1 rings (SSSR count). The molecule has 94 valence electrons. The van der Waals surface area contributed by atoms with Gasteiger partial charge in [0.15, 0.2) is 0 Å². The minimum absolute atomic E-state index is 0.0775. The third-order valence-electron chi connectivity index (χ3n) is 2.00. The number of aromatic nitrogens is 1. The number of rotatable bonds is 6. The van der Waals surface area contributed by atoms with Crippen LogP contribution in [0.1, 0.15) is 10.4 Å². The zero-order valence-corrected chi connectivity index (χ0v) is 9.99. The van der Waals surface area contributed by atoms with E-state index in [4.69, 9.17) is 5.11 Å². The number of sulfonamides is 1. The van der Waals surface area contributed by atoms with Gasteiger partial charge in [-0.25, -0.2) is 22.9 Å². The van der Waals surface area contributed by atoms with Crippen LogP contribution in [0.3, 0.4) is 0 Å². The third-order valence-corrected chi connectivity index (χ3v) is 3.36. The Morgan fingerprint density at radius 1 is 1.47 bits per heavy atom. The molecule has 0 spiro atoms. The average molecular weight is 259 g/mol. The molecule has 0 fully saturated rings. The molecular weight excluding hydrogens is 246 g/mol. The van der Waals surface area contributed by atoms with Crippen LogP contribution in [0.5, 0.6) is 0 Å². The van der Waals surface area contributed by atoms with E-state index in [2.05, 4.69) is 15.0 Å². The van der Waals surface area contributed by atoms with Crippen LogP contribution >= 0.6 is 0 Å². The van der Waals surface area contributed by atoms with Crippen LogP contribution in [0, 0.1) is 0 Å². The highest BCUT2D eigenvalue weighted by Crippen LogP contribution is 2.04. The Labute approximate surface area is 98.9 Å². The maximum Gasteiger partial charge on any atom is 0.337 e. The van der Waals surface area contributed by atoms with Gasteiger partial charge in [-0.2, -0.15) is 0 Å². The summed E-state index contributed by atoms with van der Waals surface area (Å²) >= 11 is 0. The number of carboxylic acid groups (broad SMARTS) is 1. The molecule has 17 heavy (non-hydrogen) atoms. The van der Waals surface area contributed by atoms with Gasteiger partial charge in [0.25, 0.3) is 0 Å². The van der Waals surface area contributed by atoms with E-state index in [0.29, 0.717) is 5.82 Å². The minimum atomic E-state index is -3.25. The van der Waals surface area contributed by atoms with Crippen LogP contribution in [0.4, 0.5) is 5.82 Å². The molecule has 0 saturated heterocycles. The Morgan fingerprint density at radius 2 is 2.18 bits per heavy atom. The fourth-order valence-electron chi connectivity index (χ4n) is 1.04. The van der Waals surface area contributed by atoms with Gasteiger partial charge in [-0.3, -0.25) is 0 Å². The van der Waals surface area contributed by atoms with Gasteiger partial charge in [0, 0.05) is 12.7 Å². The number of hydrogen-bond acceptors (Lipinski definition) is 5. The van der Waals surface area contributed by atoms with Gasteiger partial charge in [0.2, 0.25) is 10.0 Å². The number of anilines is 1. The first-order chi connectivity index (χ1) is 7.94. The number of nitrogens with one attached hydrogen (secondary N) is 2. The predicted octanol–water partition coefficient (Wildman–Crippen LogP) is -0.259. The van der Waals surface area contributed by atoms with E-state index in [1.165, 1.54) is 25.4 Å². The summed E-state index contributed by atoms with van der Waals surface area (Å²) in [4.78, 5) is 14.4. The van der Waals surface area contributed by atoms with E-state index in [1.807, 2.05) is 0 Å². The highest BCUT2D eigenvalue weighted by molar-refractivity contribution is 7.89. The zero-order valence-electron chi connectivity index (χ0n) is 9.17. The van der Waals surface area contributed by atoms with Gasteiger partial charge in [-0.1, -0.05) is 0 Å². The summed E-state index contributed by atoms with van der Waals surface area (Å²) in [6.07, 6.45) is 1.21. The van der Waals surface area contributed by atoms with Crippen molar-refractivity contribution in [2.45, 2.75) is 0 Å². The number of nitrogens with zero attached hydrogens (tertiary/aromatic N) is 1. The van der Waals surface area contributed by atoms with E-state index in [9.17, 15) is 13.2 Å². The predicted molar refractivity (Wildman–Crippen MR) is 62.5 cm³/mol. The molecular formula is C9H13N3O4S. The summed E-state index contributed by atoms with van der Waals surface area (Å²) < 4.78 is 24.4. The van der Waals surface area contributed by atoms with Crippen molar-refractivity contribution in [1.82, 2.24) is 9.71 Å². The van der Waals surface area contributed by atoms with E-state index >= 15 is 0 Å². The van der Waals surface area contributed by atoms with Crippen molar-refractivity contribution in [3.63, 3.8) is 0 Å². The lowest BCUT2D eigenvalue weighted by Gasteiger charge is -2.05. The second-order valence-electron chi connectivity index (χ2n) is 3.19. The molecule has 8 heteroatoms. The number of pyridine rings is 1. The van der Waals surface area contributed by atoms with Gasteiger partial charge in [-0.15, -0.1) is 0 Å². The fourth-order valence-corrected chi connectivity index (χ4v) is 1.62. The molecule has 1 aromatic heterocycles. The molecule has 1 heterocycles. The Hall–Kier alpha value is -1.67. The van der Waals surface area contributed by atoms with Crippen molar-refractivity contribution < 1.29 is 18.3 Å². The number of carbonyl (C=O) groups is 1. The largest absolute Gasteiger partial charge is 0.478 e. The molecule has 0 bridgehead atoms. The summed E-state index contributed by atoms with van der Waals surface area (Å²) in [6, 6.07) is 2.87. The molecule has 0 radical (unpaired) electrons. The van der Waals surface area contributed by atoms with Crippen LogP contribution < -0.4 is 10.0 Å². The van der Waals surface area contributed by atoms with Gasteiger partial charge < -0.3 is 10.4 Å². The van der Waals surface area contributed by atoms with Crippen LogP contribution in [-0.2, 0) is 10.0 Å². The van der Waals surface area contributed by atoms with Crippen LogP contribution in [0.15, 0.2) is 18.3 Å². The van der Waals surface area contributed by atoms with Crippen molar-refractivity contribution in [2.24, 2.45) is 0 Å². The average Bonchev–Trinajstić information content (AvgIpc) is 2.29. The molecule has 0 amide bonds. The molecule has 0 atom stereocenters. The molecule has 0 unspecified atom stereocenters. The van der Waals surface area contributed by atoms with Crippen LogP contribution in [-0.4, -0.2) is 43.8 Å². The summed E-state index contributed by atoms with van der Waals surface area (Å²) in [7, 11) is -1.90. The minimum Gasteiger partial charge on any atom is -0.478 e. The van der Waals surface area contributed by atoms with E-state index < -0.39 is 16.0 Å². The first-order valence-corrected chi connectivity index (χ1v) is 6.44. The van der Waals surface area contributed by atoms with Gasteiger partial charge in [0.1, 0.15) is 5.82 Å². The zero-order chi connectivity index (χ0) is 12.9. The van der Waals surface area contributed by atoms with Gasteiger partial charge in [0.05, 0.1) is 11.3 Å². The summed E-state index contributed by atoms with van der Waals surface area (Å²) in [5.74, 6) is -0.700. The Morgan fingerprint density at radius 3 is 2.65 bits per heavy atom. The Balaban J connectivity index is 2.51. The Kier molecular flexibility index (Phi) is 4.41. The number of hydrogen-bond donors (Lipinski definition) is 3. The highest BCUT2D eigenvalue weighted by Gasteiger charge is 2.06. The van der Waals surface area contributed by atoms with Crippen molar-refractivity contribution in [3.8, 4) is 0 Å². The lowest BCUT2D eigenvalue weighted by Crippen LogP contribution is -2.26. The lowest BCUT2D eigenvalue weighted by molar-refractivity contribution is 0.0696. The van der Waals surface area contributed by atoms with E-state index in [1.54, 1.807) is 0 Å². The monoisotopic (exact) mass is 259 g/mol. The highest BCUT2D eigenvalue weighted by atomic mass is 32.2. The quantitative estimate of drug-likeness (QED) is 0.649. The molecule has 0 aromatic carbocycles. The van der Waals surface area contributed by atoms with Crippen LogP contribution in [0.2, 0.25) is 0 Å². The normalized spacial score (nSPS) is 11.1. The maximum atomic E-state index is 11.1. The Bertz CT molecular complexity index is 483. The van der Waals surface area contributed by atoms with Crippen molar-refractivity contribution in [3.05, 3.63) is 23.9 Å². The van der Waals surface area contributed by atoms with Crippen molar-refractivity contribution in [1.29, 1.82) is 0 Å². The maximum absolute atomic E-state index is 11.1. The van der Waals surface area contributed by atoms with Crippen molar-refractivity contribution in [2.75, 3.05) is 24.7 Å². The second kappa shape index (κ2) is 5.60. The third kappa shape index (κ3) is 4.37. The summed E-state index contributed by atoms with van der Waals surface area (Å²) in [6.45, 7) is 0.197. The first-order valence-electron chi connectivity index (χ1n) is 4.79. The molecule has 7 nitrogen and oxygen atoms in total. The van der Waals surface area contributed by atoms with Crippen LogP contribution in [0.25, 0.3) is 0 Å². The molecule has 0 aliphatic rings. The number of aromatic carboxylic acids is 1. The lowest BCUT2D eigenvalue weighted by atomic mass is 10.3.